The molecule has 0 amide bonds. The van der Waals surface area contributed by atoms with Crippen molar-refractivity contribution in [2.45, 2.75) is 19.3 Å². The lowest BCUT2D eigenvalue weighted by Crippen LogP contribution is -2.37. The standard InChI is InChI=1S/C11H22N2O/c1-2-5-12(4-1)6-3-7-13-8-10-14-11-9-13/h1-11H2. The van der Waals surface area contributed by atoms with Gasteiger partial charge in [-0.2, -0.15) is 0 Å². The second-order valence-electron chi connectivity index (χ2n) is 4.36. The molecule has 0 N–H and O–H groups in total. The molecule has 0 aliphatic carbocycles. The summed E-state index contributed by atoms with van der Waals surface area (Å²) in [6, 6.07) is 0. The van der Waals surface area contributed by atoms with Gasteiger partial charge in [-0.1, -0.05) is 0 Å². The van der Waals surface area contributed by atoms with Gasteiger partial charge in [0.25, 0.3) is 0 Å². The van der Waals surface area contributed by atoms with E-state index < -0.39 is 0 Å². The Morgan fingerprint density at radius 2 is 1.36 bits per heavy atom. The Balaban J connectivity index is 1.52. The van der Waals surface area contributed by atoms with Crippen LogP contribution in [0.5, 0.6) is 0 Å². The van der Waals surface area contributed by atoms with E-state index in [4.69, 9.17) is 4.74 Å². The van der Waals surface area contributed by atoms with Crippen LogP contribution in [0.25, 0.3) is 0 Å². The van der Waals surface area contributed by atoms with E-state index in [0.29, 0.717) is 0 Å². The topological polar surface area (TPSA) is 15.7 Å². The van der Waals surface area contributed by atoms with E-state index in [0.717, 1.165) is 26.3 Å². The first-order chi connectivity index (χ1) is 6.95. The molecule has 0 spiro atoms. The van der Waals surface area contributed by atoms with E-state index in [1.807, 2.05) is 0 Å². The number of hydrogen-bond acceptors (Lipinski definition) is 3. The highest BCUT2D eigenvalue weighted by Gasteiger charge is 2.13. The molecule has 2 aliphatic rings. The molecule has 0 aromatic heterocycles. The average molecular weight is 198 g/mol. The minimum absolute atomic E-state index is 0.934. The Kier molecular flexibility index (Phi) is 4.22. The molecule has 0 bridgehead atoms. The number of likely N-dealkylation sites (tertiary alicyclic amines) is 1. The third kappa shape index (κ3) is 3.23. The van der Waals surface area contributed by atoms with Crippen molar-refractivity contribution in [2.75, 3.05) is 52.5 Å². The third-order valence-corrected chi connectivity index (χ3v) is 3.25. The third-order valence-electron chi connectivity index (χ3n) is 3.25. The molecule has 82 valence electrons. The molecule has 0 saturated carbocycles. The van der Waals surface area contributed by atoms with Crippen molar-refractivity contribution < 1.29 is 4.74 Å². The smallest absolute Gasteiger partial charge is 0.0594 e. The minimum Gasteiger partial charge on any atom is -0.379 e. The zero-order chi connectivity index (χ0) is 9.64. The van der Waals surface area contributed by atoms with Gasteiger partial charge in [-0.3, -0.25) is 4.90 Å². The van der Waals surface area contributed by atoms with Gasteiger partial charge in [-0.05, 0) is 45.4 Å². The highest BCUT2D eigenvalue weighted by Crippen LogP contribution is 2.08. The molecule has 3 nitrogen and oxygen atoms in total. The lowest BCUT2D eigenvalue weighted by molar-refractivity contribution is 0.0364. The van der Waals surface area contributed by atoms with Crippen LogP contribution in [0, 0.1) is 0 Å². The monoisotopic (exact) mass is 198 g/mol. The molecule has 2 saturated heterocycles. The predicted octanol–water partition coefficient (Wildman–Crippen LogP) is 0.804. The SMILES string of the molecule is C1CCN(CCCN2CCOCC2)C1. The lowest BCUT2D eigenvalue weighted by atomic mass is 10.3. The molecule has 2 fully saturated rings. The summed E-state index contributed by atoms with van der Waals surface area (Å²) in [6.07, 6.45) is 4.16. The van der Waals surface area contributed by atoms with Crippen LogP contribution in [0.2, 0.25) is 0 Å². The van der Waals surface area contributed by atoms with Crippen LogP contribution in [0.4, 0.5) is 0 Å². The lowest BCUT2D eigenvalue weighted by Gasteiger charge is -2.27. The quantitative estimate of drug-likeness (QED) is 0.664. The summed E-state index contributed by atoms with van der Waals surface area (Å²) in [5.41, 5.74) is 0. The minimum atomic E-state index is 0.934. The van der Waals surface area contributed by atoms with Crippen LogP contribution in [0.3, 0.4) is 0 Å². The van der Waals surface area contributed by atoms with Gasteiger partial charge in [0.1, 0.15) is 0 Å². The molecule has 0 aromatic rings. The van der Waals surface area contributed by atoms with Gasteiger partial charge >= 0.3 is 0 Å². The molecule has 3 heteroatoms. The maximum Gasteiger partial charge on any atom is 0.0594 e. The Hall–Kier alpha value is -0.120. The summed E-state index contributed by atoms with van der Waals surface area (Å²) in [5, 5.41) is 0. The summed E-state index contributed by atoms with van der Waals surface area (Å²) in [7, 11) is 0. The molecule has 14 heavy (non-hydrogen) atoms. The second kappa shape index (κ2) is 5.69. The number of hydrogen-bond donors (Lipinski definition) is 0. The van der Waals surface area contributed by atoms with Crippen molar-refractivity contribution in [1.82, 2.24) is 9.80 Å². The summed E-state index contributed by atoms with van der Waals surface area (Å²) >= 11 is 0. The van der Waals surface area contributed by atoms with E-state index in [1.165, 1.54) is 45.4 Å². The summed E-state index contributed by atoms with van der Waals surface area (Å²) < 4.78 is 5.33. The van der Waals surface area contributed by atoms with Crippen molar-refractivity contribution in [3.63, 3.8) is 0 Å². The zero-order valence-corrected chi connectivity index (χ0v) is 9.08. The van der Waals surface area contributed by atoms with Crippen LogP contribution in [-0.2, 0) is 4.74 Å². The fourth-order valence-electron chi connectivity index (χ4n) is 2.35. The van der Waals surface area contributed by atoms with Crippen LogP contribution in [0.15, 0.2) is 0 Å². The summed E-state index contributed by atoms with van der Waals surface area (Å²) in [6.45, 7) is 9.39. The molecule has 0 unspecified atom stereocenters. The van der Waals surface area contributed by atoms with Gasteiger partial charge < -0.3 is 9.64 Å². The average Bonchev–Trinajstić information content (AvgIpc) is 2.72. The highest BCUT2D eigenvalue weighted by molar-refractivity contribution is 4.68. The number of rotatable bonds is 4. The highest BCUT2D eigenvalue weighted by atomic mass is 16.5. The van der Waals surface area contributed by atoms with Gasteiger partial charge in [0.2, 0.25) is 0 Å². The summed E-state index contributed by atoms with van der Waals surface area (Å²) in [5.74, 6) is 0. The van der Waals surface area contributed by atoms with E-state index in [-0.39, 0.29) is 0 Å². The predicted molar refractivity (Wildman–Crippen MR) is 57.6 cm³/mol. The van der Waals surface area contributed by atoms with E-state index in [1.54, 1.807) is 0 Å². The molecule has 0 aromatic carbocycles. The second-order valence-corrected chi connectivity index (χ2v) is 4.36. The van der Waals surface area contributed by atoms with Gasteiger partial charge in [0.05, 0.1) is 13.2 Å². The molecule has 2 aliphatic heterocycles. The molecular weight excluding hydrogens is 176 g/mol. The maximum atomic E-state index is 5.33. The number of nitrogens with zero attached hydrogens (tertiary/aromatic N) is 2. The van der Waals surface area contributed by atoms with E-state index in [9.17, 15) is 0 Å². The Bertz CT molecular complexity index is 151. The Morgan fingerprint density at radius 1 is 0.786 bits per heavy atom. The van der Waals surface area contributed by atoms with Crippen LogP contribution < -0.4 is 0 Å². The first kappa shape index (κ1) is 10.4. The first-order valence-corrected chi connectivity index (χ1v) is 5.97. The maximum absolute atomic E-state index is 5.33. The fraction of sp³-hybridized carbons (Fsp3) is 1.00. The molecule has 0 atom stereocenters. The van der Waals surface area contributed by atoms with Crippen LogP contribution in [-0.4, -0.2) is 62.3 Å². The van der Waals surface area contributed by atoms with Crippen molar-refractivity contribution in [2.24, 2.45) is 0 Å². The fourth-order valence-corrected chi connectivity index (χ4v) is 2.35. The first-order valence-electron chi connectivity index (χ1n) is 5.97. The van der Waals surface area contributed by atoms with Gasteiger partial charge in [0.15, 0.2) is 0 Å². The number of morpholine rings is 1. The molecule has 2 heterocycles. The Labute approximate surface area is 87.0 Å². The largest absolute Gasteiger partial charge is 0.379 e. The van der Waals surface area contributed by atoms with Gasteiger partial charge in [-0.15, -0.1) is 0 Å². The van der Waals surface area contributed by atoms with E-state index >= 15 is 0 Å². The van der Waals surface area contributed by atoms with E-state index in [2.05, 4.69) is 9.80 Å². The van der Waals surface area contributed by atoms with Crippen LogP contribution in [0.1, 0.15) is 19.3 Å². The van der Waals surface area contributed by atoms with Crippen LogP contribution >= 0.6 is 0 Å². The number of ether oxygens (including phenoxy) is 1. The molecular formula is C11H22N2O. The van der Waals surface area contributed by atoms with Crippen molar-refractivity contribution in [3.8, 4) is 0 Å². The zero-order valence-electron chi connectivity index (χ0n) is 9.08. The van der Waals surface area contributed by atoms with Crippen molar-refractivity contribution in [1.29, 1.82) is 0 Å². The normalized spacial score (nSPS) is 25.7. The molecule has 2 rings (SSSR count). The van der Waals surface area contributed by atoms with Crippen molar-refractivity contribution in [3.05, 3.63) is 0 Å². The Morgan fingerprint density at radius 3 is 2.00 bits per heavy atom. The molecule has 0 radical (unpaired) electrons. The van der Waals surface area contributed by atoms with Crippen molar-refractivity contribution >= 4 is 0 Å². The van der Waals surface area contributed by atoms with Gasteiger partial charge in [-0.25, -0.2) is 0 Å². The van der Waals surface area contributed by atoms with Gasteiger partial charge in [0, 0.05) is 13.1 Å². The summed E-state index contributed by atoms with van der Waals surface area (Å²) in [4.78, 5) is 5.13.